The third kappa shape index (κ3) is 3.77. The molecule has 0 aliphatic rings. The second kappa shape index (κ2) is 6.28. The lowest BCUT2D eigenvalue weighted by Gasteiger charge is -2.15. The SMILES string of the molecule is COC(=O)CCC(C)c1ccc(C)cc1OC. The van der Waals surface area contributed by atoms with Crippen LogP contribution in [-0.4, -0.2) is 20.2 Å². The highest BCUT2D eigenvalue weighted by atomic mass is 16.5. The third-order valence-electron chi connectivity index (χ3n) is 2.93. The van der Waals surface area contributed by atoms with Gasteiger partial charge >= 0.3 is 5.97 Å². The van der Waals surface area contributed by atoms with Crippen molar-refractivity contribution in [3.63, 3.8) is 0 Å². The van der Waals surface area contributed by atoms with Crippen molar-refractivity contribution < 1.29 is 14.3 Å². The van der Waals surface area contributed by atoms with Crippen molar-refractivity contribution in [2.24, 2.45) is 0 Å². The average Bonchev–Trinajstić information content (AvgIpc) is 2.35. The molecule has 0 aliphatic heterocycles. The summed E-state index contributed by atoms with van der Waals surface area (Å²) in [6.07, 6.45) is 1.21. The molecule has 1 unspecified atom stereocenters. The highest BCUT2D eigenvalue weighted by Gasteiger charge is 2.13. The molecule has 0 heterocycles. The normalized spacial score (nSPS) is 12.0. The number of carbonyl (C=O) groups excluding carboxylic acids is 1. The molecule has 1 atom stereocenters. The monoisotopic (exact) mass is 236 g/mol. The van der Waals surface area contributed by atoms with Gasteiger partial charge in [-0.05, 0) is 36.5 Å². The van der Waals surface area contributed by atoms with Crippen LogP contribution in [0.5, 0.6) is 5.75 Å². The Hall–Kier alpha value is -1.51. The van der Waals surface area contributed by atoms with Gasteiger partial charge in [-0.15, -0.1) is 0 Å². The number of esters is 1. The van der Waals surface area contributed by atoms with Gasteiger partial charge in [0.15, 0.2) is 0 Å². The smallest absolute Gasteiger partial charge is 0.305 e. The number of carbonyl (C=O) groups is 1. The molecule has 1 aromatic carbocycles. The first-order chi connectivity index (χ1) is 8.08. The minimum atomic E-state index is -0.164. The average molecular weight is 236 g/mol. The lowest BCUT2D eigenvalue weighted by Crippen LogP contribution is -2.04. The van der Waals surface area contributed by atoms with Crippen LogP contribution in [0.25, 0.3) is 0 Å². The molecule has 0 aromatic heterocycles. The second-order valence-electron chi connectivity index (χ2n) is 4.26. The highest BCUT2D eigenvalue weighted by Crippen LogP contribution is 2.30. The van der Waals surface area contributed by atoms with E-state index in [-0.39, 0.29) is 11.9 Å². The maximum absolute atomic E-state index is 11.1. The second-order valence-corrected chi connectivity index (χ2v) is 4.26. The van der Waals surface area contributed by atoms with E-state index in [9.17, 15) is 4.79 Å². The van der Waals surface area contributed by atoms with Crippen molar-refractivity contribution in [3.8, 4) is 5.75 Å². The zero-order valence-corrected chi connectivity index (χ0v) is 10.9. The van der Waals surface area contributed by atoms with Gasteiger partial charge in [0.2, 0.25) is 0 Å². The predicted octanol–water partition coefficient (Wildman–Crippen LogP) is 3.06. The molecule has 0 fully saturated rings. The molecule has 3 nitrogen and oxygen atoms in total. The number of aryl methyl sites for hydroxylation is 1. The number of hydrogen-bond donors (Lipinski definition) is 0. The topological polar surface area (TPSA) is 35.5 Å². The fourth-order valence-corrected chi connectivity index (χ4v) is 1.82. The van der Waals surface area contributed by atoms with Crippen LogP contribution in [-0.2, 0) is 9.53 Å². The fraction of sp³-hybridized carbons (Fsp3) is 0.500. The zero-order valence-electron chi connectivity index (χ0n) is 10.9. The number of hydrogen-bond acceptors (Lipinski definition) is 3. The van der Waals surface area contributed by atoms with Crippen molar-refractivity contribution in [3.05, 3.63) is 29.3 Å². The van der Waals surface area contributed by atoms with Gasteiger partial charge in [-0.3, -0.25) is 4.79 Å². The number of methoxy groups -OCH3 is 2. The Labute approximate surface area is 103 Å². The largest absolute Gasteiger partial charge is 0.496 e. The van der Waals surface area contributed by atoms with Crippen molar-refractivity contribution in [2.45, 2.75) is 32.6 Å². The Bertz CT molecular complexity index is 385. The molecule has 0 bridgehead atoms. The first-order valence-electron chi connectivity index (χ1n) is 5.79. The van der Waals surface area contributed by atoms with Crippen molar-refractivity contribution in [1.82, 2.24) is 0 Å². The van der Waals surface area contributed by atoms with Crippen molar-refractivity contribution in [2.75, 3.05) is 14.2 Å². The Morgan fingerprint density at radius 3 is 2.65 bits per heavy atom. The Balaban J connectivity index is 2.74. The minimum absolute atomic E-state index is 0.164. The van der Waals surface area contributed by atoms with Gasteiger partial charge in [-0.1, -0.05) is 19.1 Å². The summed E-state index contributed by atoms with van der Waals surface area (Å²) in [6, 6.07) is 6.15. The lowest BCUT2D eigenvalue weighted by atomic mass is 9.94. The summed E-state index contributed by atoms with van der Waals surface area (Å²) in [7, 11) is 3.09. The highest BCUT2D eigenvalue weighted by molar-refractivity contribution is 5.69. The van der Waals surface area contributed by atoms with E-state index in [1.54, 1.807) is 7.11 Å². The molecule has 0 N–H and O–H groups in total. The van der Waals surface area contributed by atoms with Gasteiger partial charge in [0.1, 0.15) is 5.75 Å². The van der Waals surface area contributed by atoms with E-state index >= 15 is 0 Å². The first-order valence-corrected chi connectivity index (χ1v) is 5.79. The van der Waals surface area contributed by atoms with E-state index in [0.717, 1.165) is 17.7 Å². The van der Waals surface area contributed by atoms with E-state index in [0.29, 0.717) is 6.42 Å². The summed E-state index contributed by atoms with van der Waals surface area (Å²) < 4.78 is 10.0. The summed E-state index contributed by atoms with van der Waals surface area (Å²) >= 11 is 0. The summed E-state index contributed by atoms with van der Waals surface area (Å²) in [4.78, 5) is 11.1. The molecule has 94 valence electrons. The van der Waals surface area contributed by atoms with Gasteiger partial charge in [-0.2, -0.15) is 0 Å². The van der Waals surface area contributed by atoms with E-state index in [1.165, 1.54) is 12.7 Å². The zero-order chi connectivity index (χ0) is 12.8. The maximum atomic E-state index is 11.1. The molecule has 1 rings (SSSR count). The van der Waals surface area contributed by atoms with Crippen LogP contribution in [0.4, 0.5) is 0 Å². The summed E-state index contributed by atoms with van der Waals surface area (Å²) in [5.41, 5.74) is 2.31. The summed E-state index contributed by atoms with van der Waals surface area (Å²) in [5.74, 6) is 1.01. The van der Waals surface area contributed by atoms with E-state index in [1.807, 2.05) is 13.0 Å². The van der Waals surface area contributed by atoms with E-state index in [2.05, 4.69) is 23.8 Å². The van der Waals surface area contributed by atoms with E-state index in [4.69, 9.17) is 4.74 Å². The van der Waals surface area contributed by atoms with Gasteiger partial charge in [0.05, 0.1) is 14.2 Å². The van der Waals surface area contributed by atoms with Gasteiger partial charge in [-0.25, -0.2) is 0 Å². The van der Waals surface area contributed by atoms with Crippen molar-refractivity contribution in [1.29, 1.82) is 0 Å². The standard InChI is InChI=1S/C14H20O3/c1-10-5-7-12(13(9-10)16-3)11(2)6-8-14(15)17-4/h5,7,9,11H,6,8H2,1-4H3. The van der Waals surface area contributed by atoms with Crippen LogP contribution in [0.3, 0.4) is 0 Å². The molecule has 0 radical (unpaired) electrons. The molecular formula is C14H20O3. The number of ether oxygens (including phenoxy) is 2. The predicted molar refractivity (Wildman–Crippen MR) is 67.4 cm³/mol. The van der Waals surface area contributed by atoms with Crippen LogP contribution in [0.2, 0.25) is 0 Å². The minimum Gasteiger partial charge on any atom is -0.496 e. The molecule has 17 heavy (non-hydrogen) atoms. The molecule has 0 saturated carbocycles. The van der Waals surface area contributed by atoms with Crippen LogP contribution >= 0.6 is 0 Å². The molecule has 0 spiro atoms. The Kier molecular flexibility index (Phi) is 5.01. The van der Waals surface area contributed by atoms with Crippen LogP contribution in [0.15, 0.2) is 18.2 Å². The van der Waals surface area contributed by atoms with Gasteiger partial charge in [0.25, 0.3) is 0 Å². The Morgan fingerprint density at radius 2 is 2.06 bits per heavy atom. The first kappa shape index (κ1) is 13.6. The van der Waals surface area contributed by atoms with Crippen molar-refractivity contribution >= 4 is 5.97 Å². The molecular weight excluding hydrogens is 216 g/mol. The molecule has 0 aliphatic carbocycles. The fourth-order valence-electron chi connectivity index (χ4n) is 1.82. The molecule has 3 heteroatoms. The van der Waals surface area contributed by atoms with Crippen LogP contribution in [0.1, 0.15) is 36.8 Å². The maximum Gasteiger partial charge on any atom is 0.305 e. The van der Waals surface area contributed by atoms with Gasteiger partial charge < -0.3 is 9.47 Å². The van der Waals surface area contributed by atoms with Crippen LogP contribution < -0.4 is 4.74 Å². The van der Waals surface area contributed by atoms with Gasteiger partial charge in [0, 0.05) is 6.42 Å². The van der Waals surface area contributed by atoms with E-state index < -0.39 is 0 Å². The Morgan fingerprint density at radius 1 is 1.35 bits per heavy atom. The molecule has 0 amide bonds. The molecule has 0 saturated heterocycles. The van der Waals surface area contributed by atoms with Crippen LogP contribution in [0, 0.1) is 6.92 Å². The summed E-state index contributed by atoms with van der Waals surface area (Å²) in [6.45, 7) is 4.13. The lowest BCUT2D eigenvalue weighted by molar-refractivity contribution is -0.140. The third-order valence-corrected chi connectivity index (χ3v) is 2.93. The number of benzene rings is 1. The quantitative estimate of drug-likeness (QED) is 0.737. The summed E-state index contributed by atoms with van der Waals surface area (Å²) in [5, 5.41) is 0. The number of rotatable bonds is 5. The molecule has 1 aromatic rings.